The van der Waals surface area contributed by atoms with Crippen LogP contribution in [0.1, 0.15) is 33.9 Å². The summed E-state index contributed by atoms with van der Waals surface area (Å²) in [5.74, 6) is 0.771. The van der Waals surface area contributed by atoms with Gasteiger partial charge in [0.1, 0.15) is 5.82 Å². The molecule has 1 aliphatic carbocycles. The van der Waals surface area contributed by atoms with E-state index >= 15 is 0 Å². The maximum absolute atomic E-state index is 12.8. The van der Waals surface area contributed by atoms with Gasteiger partial charge in [-0.25, -0.2) is 9.97 Å². The van der Waals surface area contributed by atoms with Crippen LogP contribution in [0.5, 0.6) is 0 Å². The first-order valence-electron chi connectivity index (χ1n) is 8.55. The van der Waals surface area contributed by atoms with Crippen molar-refractivity contribution in [2.24, 2.45) is 0 Å². The van der Waals surface area contributed by atoms with Crippen LogP contribution in [-0.2, 0) is 12.8 Å². The molecule has 25 heavy (non-hydrogen) atoms. The summed E-state index contributed by atoms with van der Waals surface area (Å²) in [6.45, 7) is 1.91. The van der Waals surface area contributed by atoms with Gasteiger partial charge in [0.15, 0.2) is 0 Å². The Bertz CT molecular complexity index is 902. The van der Waals surface area contributed by atoms with Crippen molar-refractivity contribution in [3.63, 3.8) is 0 Å². The summed E-state index contributed by atoms with van der Waals surface area (Å²) in [7, 11) is 0. The van der Waals surface area contributed by atoms with Gasteiger partial charge >= 0.3 is 0 Å². The number of carbonyl (C=O) groups is 1. The van der Waals surface area contributed by atoms with Gasteiger partial charge in [-0.2, -0.15) is 0 Å². The summed E-state index contributed by atoms with van der Waals surface area (Å²) >= 11 is 0. The summed E-state index contributed by atoms with van der Waals surface area (Å²) in [6.07, 6.45) is 8.35. The van der Waals surface area contributed by atoms with Crippen LogP contribution in [0.4, 0.5) is 0 Å². The first kappa shape index (κ1) is 15.6. The highest BCUT2D eigenvalue weighted by Crippen LogP contribution is 2.20. The summed E-state index contributed by atoms with van der Waals surface area (Å²) in [5.41, 5.74) is 3.83. The highest BCUT2D eigenvalue weighted by molar-refractivity contribution is 5.98. The Morgan fingerprint density at radius 3 is 2.84 bits per heavy atom. The molecule has 0 saturated heterocycles. The van der Waals surface area contributed by atoms with Crippen molar-refractivity contribution in [2.45, 2.75) is 32.2 Å². The molecule has 1 atom stereocenters. The van der Waals surface area contributed by atoms with E-state index in [0.29, 0.717) is 5.56 Å². The SMILES string of the molecule is Cc1ncc2c(n1)CCC(NC(=O)c1ccccc1-n1cccc1)C2. The van der Waals surface area contributed by atoms with Crippen LogP contribution < -0.4 is 5.32 Å². The van der Waals surface area contributed by atoms with Crippen molar-refractivity contribution in [1.82, 2.24) is 19.9 Å². The summed E-state index contributed by atoms with van der Waals surface area (Å²) in [5, 5.41) is 3.19. The smallest absolute Gasteiger partial charge is 0.253 e. The number of benzene rings is 1. The minimum atomic E-state index is -0.0363. The molecule has 1 amide bonds. The monoisotopic (exact) mass is 332 g/mol. The standard InChI is InChI=1S/C20H20N4O/c1-14-21-13-15-12-16(8-9-18(15)22-14)23-20(25)17-6-2-3-7-19(17)24-10-4-5-11-24/h2-7,10-11,13,16H,8-9,12H2,1H3,(H,23,25). The van der Waals surface area contributed by atoms with Crippen LogP contribution in [0.25, 0.3) is 5.69 Å². The molecule has 3 aromatic rings. The van der Waals surface area contributed by atoms with Crippen molar-refractivity contribution in [1.29, 1.82) is 0 Å². The zero-order valence-electron chi connectivity index (χ0n) is 14.1. The second kappa shape index (κ2) is 6.51. The van der Waals surface area contributed by atoms with E-state index in [1.807, 2.05) is 66.5 Å². The zero-order valence-corrected chi connectivity index (χ0v) is 14.1. The van der Waals surface area contributed by atoms with Crippen LogP contribution in [0, 0.1) is 6.92 Å². The largest absolute Gasteiger partial charge is 0.349 e. The average molecular weight is 332 g/mol. The number of hydrogen-bond acceptors (Lipinski definition) is 3. The van der Waals surface area contributed by atoms with Gasteiger partial charge in [0.05, 0.1) is 11.3 Å². The minimum Gasteiger partial charge on any atom is -0.349 e. The normalized spacial score (nSPS) is 16.3. The fraction of sp³-hybridized carbons (Fsp3) is 0.250. The quantitative estimate of drug-likeness (QED) is 0.802. The molecule has 0 fully saturated rings. The lowest BCUT2D eigenvalue weighted by atomic mass is 9.92. The molecule has 0 spiro atoms. The molecule has 5 heteroatoms. The van der Waals surface area contributed by atoms with Crippen molar-refractivity contribution >= 4 is 5.91 Å². The summed E-state index contributed by atoms with van der Waals surface area (Å²) in [4.78, 5) is 21.6. The van der Waals surface area contributed by atoms with Gasteiger partial charge in [-0.05, 0) is 56.0 Å². The number of aryl methyl sites for hydroxylation is 2. The van der Waals surface area contributed by atoms with Crippen LogP contribution in [0.15, 0.2) is 55.0 Å². The Morgan fingerprint density at radius 1 is 1.20 bits per heavy atom. The van der Waals surface area contributed by atoms with Gasteiger partial charge in [-0.1, -0.05) is 12.1 Å². The van der Waals surface area contributed by atoms with E-state index in [2.05, 4.69) is 15.3 Å². The Hall–Kier alpha value is -2.95. The van der Waals surface area contributed by atoms with Gasteiger partial charge in [-0.15, -0.1) is 0 Å². The number of amides is 1. The predicted octanol–water partition coefficient (Wildman–Crippen LogP) is 2.86. The van der Waals surface area contributed by atoms with E-state index in [1.165, 1.54) is 0 Å². The lowest BCUT2D eigenvalue weighted by Gasteiger charge is -2.25. The number of para-hydroxylation sites is 1. The third-order valence-corrected chi connectivity index (χ3v) is 4.64. The van der Waals surface area contributed by atoms with E-state index in [0.717, 1.165) is 42.0 Å². The number of rotatable bonds is 3. The molecule has 1 aromatic carbocycles. The average Bonchev–Trinajstić information content (AvgIpc) is 3.16. The molecule has 0 bridgehead atoms. The van der Waals surface area contributed by atoms with E-state index in [1.54, 1.807) is 0 Å². The van der Waals surface area contributed by atoms with Crippen LogP contribution in [0.3, 0.4) is 0 Å². The van der Waals surface area contributed by atoms with Crippen molar-refractivity contribution in [2.75, 3.05) is 0 Å². The molecule has 2 heterocycles. The Morgan fingerprint density at radius 2 is 2.00 bits per heavy atom. The third kappa shape index (κ3) is 3.18. The first-order valence-corrected chi connectivity index (χ1v) is 8.55. The van der Waals surface area contributed by atoms with Crippen molar-refractivity contribution in [3.05, 3.63) is 77.6 Å². The highest BCUT2D eigenvalue weighted by Gasteiger charge is 2.23. The van der Waals surface area contributed by atoms with E-state index in [4.69, 9.17) is 0 Å². The molecule has 5 nitrogen and oxygen atoms in total. The molecule has 2 aromatic heterocycles. The Labute approximate surface area is 146 Å². The van der Waals surface area contributed by atoms with Gasteiger partial charge in [0.2, 0.25) is 0 Å². The zero-order chi connectivity index (χ0) is 17.2. The van der Waals surface area contributed by atoms with Gasteiger partial charge in [-0.3, -0.25) is 4.79 Å². The number of aromatic nitrogens is 3. The molecule has 4 rings (SSSR count). The minimum absolute atomic E-state index is 0.0363. The molecule has 126 valence electrons. The fourth-order valence-electron chi connectivity index (χ4n) is 3.38. The summed E-state index contributed by atoms with van der Waals surface area (Å²) in [6, 6.07) is 11.7. The van der Waals surface area contributed by atoms with E-state index in [9.17, 15) is 4.79 Å². The lowest BCUT2D eigenvalue weighted by molar-refractivity contribution is 0.0933. The first-order chi connectivity index (χ1) is 12.2. The van der Waals surface area contributed by atoms with Gasteiger partial charge in [0, 0.05) is 30.3 Å². The molecular weight excluding hydrogens is 312 g/mol. The van der Waals surface area contributed by atoms with Gasteiger partial charge in [0.25, 0.3) is 5.91 Å². The number of hydrogen-bond donors (Lipinski definition) is 1. The second-order valence-electron chi connectivity index (χ2n) is 6.41. The molecule has 0 aliphatic heterocycles. The maximum Gasteiger partial charge on any atom is 0.253 e. The Balaban J connectivity index is 1.53. The van der Waals surface area contributed by atoms with Crippen LogP contribution in [0.2, 0.25) is 0 Å². The highest BCUT2D eigenvalue weighted by atomic mass is 16.1. The van der Waals surface area contributed by atoms with Crippen LogP contribution in [-0.4, -0.2) is 26.5 Å². The fourth-order valence-corrected chi connectivity index (χ4v) is 3.38. The van der Waals surface area contributed by atoms with Crippen molar-refractivity contribution < 1.29 is 4.79 Å². The lowest BCUT2D eigenvalue weighted by Crippen LogP contribution is -2.39. The van der Waals surface area contributed by atoms with Gasteiger partial charge < -0.3 is 9.88 Å². The molecule has 1 aliphatic rings. The second-order valence-corrected chi connectivity index (χ2v) is 6.41. The maximum atomic E-state index is 12.8. The molecular formula is C20H20N4O. The third-order valence-electron chi connectivity index (χ3n) is 4.64. The predicted molar refractivity (Wildman–Crippen MR) is 95.8 cm³/mol. The Kier molecular flexibility index (Phi) is 4.06. The molecule has 1 unspecified atom stereocenters. The van der Waals surface area contributed by atoms with E-state index in [-0.39, 0.29) is 11.9 Å². The molecule has 0 saturated carbocycles. The molecule has 1 N–H and O–H groups in total. The number of fused-ring (bicyclic) bond motifs is 1. The number of nitrogens with one attached hydrogen (secondary N) is 1. The number of nitrogens with zero attached hydrogens (tertiary/aromatic N) is 3. The van der Waals surface area contributed by atoms with Crippen LogP contribution >= 0.6 is 0 Å². The van der Waals surface area contributed by atoms with Crippen molar-refractivity contribution in [3.8, 4) is 5.69 Å². The molecule has 0 radical (unpaired) electrons. The summed E-state index contributed by atoms with van der Waals surface area (Å²) < 4.78 is 1.96. The number of carbonyl (C=O) groups excluding carboxylic acids is 1. The van der Waals surface area contributed by atoms with E-state index < -0.39 is 0 Å². The topological polar surface area (TPSA) is 59.8 Å².